The van der Waals surface area contributed by atoms with Crippen LogP contribution in [0.4, 0.5) is 0 Å². The fourth-order valence-corrected chi connectivity index (χ4v) is 0.544. The number of nitrogens with zero attached hydrogens (tertiary/aromatic N) is 2. The van der Waals surface area contributed by atoms with Gasteiger partial charge in [0.25, 0.3) is 0 Å². The first kappa shape index (κ1) is 6.56. The Kier molecular flexibility index (Phi) is 1.86. The lowest BCUT2D eigenvalue weighted by Crippen LogP contribution is -1.86. The molecule has 1 rings (SSSR count). The topological polar surface area (TPSA) is 45.9 Å². The largest absolute Gasteiger partial charge is 0.481 e. The number of aromatic nitrogens is 1. The molecular weight excluding hydrogens is 128 g/mol. The van der Waals surface area contributed by atoms with Gasteiger partial charge in [0.05, 0.1) is 12.7 Å². The summed E-state index contributed by atoms with van der Waals surface area (Å²) < 4.78 is 4.77. The fourth-order valence-electron chi connectivity index (χ4n) is 0.544. The molecule has 0 N–H and O–H groups in total. The highest BCUT2D eigenvalue weighted by atomic mass is 16.5. The highest BCUT2D eigenvalue weighted by molar-refractivity contribution is 5.29. The molecule has 3 heteroatoms. The molecule has 0 saturated carbocycles. The van der Waals surface area contributed by atoms with Gasteiger partial charge in [0.1, 0.15) is 6.07 Å². The molecule has 0 atom stereocenters. The highest BCUT2D eigenvalue weighted by Crippen LogP contribution is 2.05. The van der Waals surface area contributed by atoms with Crippen LogP contribution in [-0.2, 0) is 0 Å². The summed E-state index contributed by atoms with van der Waals surface area (Å²) in [6.45, 7) is 0. The van der Waals surface area contributed by atoms with Crippen molar-refractivity contribution >= 4 is 0 Å². The normalized spacial score (nSPS) is 8.40. The van der Waals surface area contributed by atoms with Crippen molar-refractivity contribution in [3.63, 3.8) is 0 Å². The minimum atomic E-state index is 0.437. The molecule has 49 valence electrons. The van der Waals surface area contributed by atoms with E-state index in [0.717, 1.165) is 0 Å². The molecule has 0 saturated heterocycles. The Morgan fingerprint density at radius 2 is 2.60 bits per heavy atom. The summed E-state index contributed by atoms with van der Waals surface area (Å²) in [5, 5.41) is 8.39. The molecule has 0 amide bonds. The third kappa shape index (κ3) is 1.23. The van der Waals surface area contributed by atoms with E-state index in [1.54, 1.807) is 0 Å². The molecule has 0 aliphatic carbocycles. The molecule has 1 aromatic heterocycles. The Hall–Kier alpha value is -1.56. The van der Waals surface area contributed by atoms with Gasteiger partial charge in [-0.3, -0.25) is 0 Å². The first-order valence-corrected chi connectivity index (χ1v) is 2.68. The monoisotopic (exact) mass is 133 g/mol. The van der Waals surface area contributed by atoms with Gasteiger partial charge in [-0.2, -0.15) is 5.26 Å². The van der Waals surface area contributed by atoms with Crippen LogP contribution in [0.3, 0.4) is 0 Å². The molecule has 0 spiro atoms. The van der Waals surface area contributed by atoms with Crippen molar-refractivity contribution in [1.82, 2.24) is 4.98 Å². The number of pyridine rings is 1. The van der Waals surface area contributed by atoms with Gasteiger partial charge in [0.2, 0.25) is 5.88 Å². The predicted octanol–water partition coefficient (Wildman–Crippen LogP) is 0.762. The Balaban J connectivity index is 3.01. The van der Waals surface area contributed by atoms with E-state index in [1.807, 2.05) is 6.07 Å². The standard InChI is InChI=1S/C7H5N2O/c1-10-7-4-6(5-8)2-3-9-7/h3-4H,1H3. The van der Waals surface area contributed by atoms with Crippen LogP contribution in [0, 0.1) is 17.4 Å². The van der Waals surface area contributed by atoms with Gasteiger partial charge in [-0.15, -0.1) is 0 Å². The van der Waals surface area contributed by atoms with Crippen LogP contribution >= 0.6 is 0 Å². The van der Waals surface area contributed by atoms with E-state index >= 15 is 0 Å². The summed E-state index contributed by atoms with van der Waals surface area (Å²) in [6, 6.07) is 6.09. The number of methoxy groups -OCH3 is 1. The van der Waals surface area contributed by atoms with Gasteiger partial charge in [-0.1, -0.05) is 0 Å². The first-order chi connectivity index (χ1) is 4.86. The molecule has 3 nitrogen and oxygen atoms in total. The second kappa shape index (κ2) is 2.83. The summed E-state index contributed by atoms with van der Waals surface area (Å²) in [4.78, 5) is 3.78. The Labute approximate surface area is 58.9 Å². The quantitative estimate of drug-likeness (QED) is 0.568. The third-order valence-corrected chi connectivity index (χ3v) is 1.01. The highest BCUT2D eigenvalue weighted by Gasteiger charge is 1.93. The van der Waals surface area contributed by atoms with E-state index in [9.17, 15) is 0 Å². The van der Waals surface area contributed by atoms with Crippen LogP contribution < -0.4 is 4.74 Å². The zero-order chi connectivity index (χ0) is 7.40. The number of rotatable bonds is 1. The second-order valence-electron chi connectivity index (χ2n) is 1.61. The van der Waals surface area contributed by atoms with Crippen LogP contribution in [0.5, 0.6) is 5.88 Å². The first-order valence-electron chi connectivity index (χ1n) is 2.68. The number of nitriles is 1. The maximum atomic E-state index is 8.39. The van der Waals surface area contributed by atoms with E-state index in [-0.39, 0.29) is 0 Å². The lowest BCUT2D eigenvalue weighted by atomic mass is 10.3. The molecule has 0 bridgehead atoms. The zero-order valence-corrected chi connectivity index (χ0v) is 5.46. The van der Waals surface area contributed by atoms with Crippen molar-refractivity contribution in [3.8, 4) is 11.9 Å². The van der Waals surface area contributed by atoms with Crippen LogP contribution in [0.25, 0.3) is 0 Å². The maximum absolute atomic E-state index is 8.39. The summed E-state index contributed by atoms with van der Waals surface area (Å²) in [7, 11) is 1.50. The number of ether oxygens (including phenoxy) is 1. The summed E-state index contributed by atoms with van der Waals surface area (Å²) in [5.41, 5.74) is 0.437. The van der Waals surface area contributed by atoms with Gasteiger partial charge in [0.15, 0.2) is 0 Å². The molecule has 0 aliphatic heterocycles. The Bertz CT molecular complexity index is 265. The second-order valence-corrected chi connectivity index (χ2v) is 1.61. The van der Waals surface area contributed by atoms with Gasteiger partial charge < -0.3 is 4.74 Å². The summed E-state index contributed by atoms with van der Waals surface area (Å²) in [5.74, 6) is 0.440. The van der Waals surface area contributed by atoms with E-state index in [4.69, 9.17) is 10.00 Å². The van der Waals surface area contributed by atoms with Crippen molar-refractivity contribution < 1.29 is 4.74 Å². The molecular formula is C7H5N2O. The van der Waals surface area contributed by atoms with Crippen molar-refractivity contribution in [2.45, 2.75) is 0 Å². The number of hydrogen-bond donors (Lipinski definition) is 0. The molecule has 0 aromatic carbocycles. The van der Waals surface area contributed by atoms with Crippen molar-refractivity contribution in [2.75, 3.05) is 7.11 Å². The number of hydrogen-bond acceptors (Lipinski definition) is 3. The Morgan fingerprint density at radius 1 is 1.80 bits per heavy atom. The minimum absolute atomic E-state index is 0.437. The Morgan fingerprint density at radius 3 is 3.20 bits per heavy atom. The average Bonchev–Trinajstić information content (AvgIpc) is 2.05. The van der Waals surface area contributed by atoms with Gasteiger partial charge in [-0.05, 0) is 0 Å². The van der Waals surface area contributed by atoms with Gasteiger partial charge in [-0.25, -0.2) is 4.98 Å². The van der Waals surface area contributed by atoms with Crippen LogP contribution in [0.2, 0.25) is 0 Å². The lowest BCUT2D eigenvalue weighted by molar-refractivity contribution is 0.397. The van der Waals surface area contributed by atoms with E-state index in [2.05, 4.69) is 11.1 Å². The predicted molar refractivity (Wildman–Crippen MR) is 34.3 cm³/mol. The molecule has 1 radical (unpaired) electrons. The van der Waals surface area contributed by atoms with E-state index in [0.29, 0.717) is 11.4 Å². The maximum Gasteiger partial charge on any atom is 0.214 e. The smallest absolute Gasteiger partial charge is 0.214 e. The molecule has 0 fully saturated rings. The summed E-state index contributed by atoms with van der Waals surface area (Å²) >= 11 is 0. The third-order valence-electron chi connectivity index (χ3n) is 1.01. The van der Waals surface area contributed by atoms with Crippen molar-refractivity contribution in [3.05, 3.63) is 23.9 Å². The van der Waals surface area contributed by atoms with Crippen molar-refractivity contribution in [2.24, 2.45) is 0 Å². The minimum Gasteiger partial charge on any atom is -0.481 e. The van der Waals surface area contributed by atoms with Crippen LogP contribution in [0.1, 0.15) is 5.56 Å². The zero-order valence-electron chi connectivity index (χ0n) is 5.46. The molecule has 1 aromatic rings. The van der Waals surface area contributed by atoms with Crippen molar-refractivity contribution in [1.29, 1.82) is 5.26 Å². The van der Waals surface area contributed by atoms with E-state index < -0.39 is 0 Å². The molecule has 10 heavy (non-hydrogen) atoms. The van der Waals surface area contributed by atoms with Gasteiger partial charge in [0, 0.05) is 18.3 Å². The van der Waals surface area contributed by atoms with Gasteiger partial charge >= 0.3 is 0 Å². The SMILES string of the molecule is COc1cc(C#N)[c]cn1. The average molecular weight is 133 g/mol. The fraction of sp³-hybridized carbons (Fsp3) is 0.143. The molecule has 1 heterocycles. The van der Waals surface area contributed by atoms with Crippen LogP contribution in [0.15, 0.2) is 12.3 Å². The van der Waals surface area contributed by atoms with Crippen LogP contribution in [-0.4, -0.2) is 12.1 Å². The summed E-state index contributed by atoms with van der Waals surface area (Å²) in [6.07, 6.45) is 1.41. The lowest BCUT2D eigenvalue weighted by Gasteiger charge is -1.94. The molecule has 0 aliphatic rings. The molecule has 0 unspecified atom stereocenters. The van der Waals surface area contributed by atoms with E-state index in [1.165, 1.54) is 19.4 Å².